The second-order valence-electron chi connectivity index (χ2n) is 3.04. The summed E-state index contributed by atoms with van der Waals surface area (Å²) in [5.74, 6) is 0.969. The molecule has 0 bridgehead atoms. The molecule has 0 aliphatic carbocycles. The molecule has 1 atom stereocenters. The summed E-state index contributed by atoms with van der Waals surface area (Å²) >= 11 is 8.86. The molecule has 4 heteroatoms. The molecule has 0 saturated heterocycles. The molecule has 0 aliphatic rings. The van der Waals surface area contributed by atoms with Crippen molar-refractivity contribution < 1.29 is 0 Å². The highest BCUT2D eigenvalue weighted by atomic mass is 32.2. The molecular weight excluding hydrogens is 242 g/mol. The van der Waals surface area contributed by atoms with Crippen molar-refractivity contribution in [1.82, 2.24) is 0 Å². The van der Waals surface area contributed by atoms with Crippen LogP contribution in [0.25, 0.3) is 0 Å². The van der Waals surface area contributed by atoms with Crippen LogP contribution >= 0.6 is 35.7 Å². The van der Waals surface area contributed by atoms with E-state index in [0.717, 1.165) is 9.95 Å². The zero-order chi connectivity index (χ0) is 11.1. The maximum atomic E-state index is 5.46. The maximum Gasteiger partial charge on any atom is 0.0654 e. The molecule has 0 spiro atoms. The van der Waals surface area contributed by atoms with Crippen LogP contribution in [0.15, 0.2) is 35.2 Å². The monoisotopic (exact) mass is 257 g/mol. The molecule has 2 N–H and O–H groups in total. The Bertz CT molecular complexity index is 300. The lowest BCUT2D eigenvalue weighted by molar-refractivity contribution is 1.14. The van der Waals surface area contributed by atoms with Gasteiger partial charge in [-0.25, -0.2) is 0 Å². The van der Waals surface area contributed by atoms with Gasteiger partial charge in [0.15, 0.2) is 0 Å². The molecule has 0 aliphatic heterocycles. The van der Waals surface area contributed by atoms with Crippen molar-refractivity contribution >= 4 is 39.9 Å². The number of thioether (sulfide) groups is 2. The molecule has 0 radical (unpaired) electrons. The minimum absolute atomic E-state index is 0.383. The van der Waals surface area contributed by atoms with E-state index in [0.29, 0.717) is 11.8 Å². The van der Waals surface area contributed by atoms with Gasteiger partial charge in [-0.3, -0.25) is 0 Å². The van der Waals surface area contributed by atoms with Gasteiger partial charge < -0.3 is 5.73 Å². The third-order valence-corrected chi connectivity index (χ3v) is 4.95. The fraction of sp³-hybridized carbons (Fsp3) is 0.364. The molecule has 1 aromatic rings. The SMILES string of the molecule is CC(SCCN)C(=S)Sc1ccccc1. The van der Waals surface area contributed by atoms with Crippen molar-refractivity contribution in [3.8, 4) is 0 Å². The summed E-state index contributed by atoms with van der Waals surface area (Å²) in [5, 5.41) is 0.383. The van der Waals surface area contributed by atoms with E-state index in [-0.39, 0.29) is 0 Å². The lowest BCUT2D eigenvalue weighted by atomic mass is 10.4. The highest BCUT2D eigenvalue weighted by molar-refractivity contribution is 8.25. The first-order valence-corrected chi connectivity index (χ1v) is 7.10. The summed E-state index contributed by atoms with van der Waals surface area (Å²) in [4.78, 5) is 1.21. The minimum Gasteiger partial charge on any atom is -0.330 e. The Morgan fingerprint density at radius 3 is 2.67 bits per heavy atom. The van der Waals surface area contributed by atoms with Crippen LogP contribution in [0, 0.1) is 0 Å². The Morgan fingerprint density at radius 2 is 2.07 bits per heavy atom. The van der Waals surface area contributed by atoms with Gasteiger partial charge in [0.25, 0.3) is 0 Å². The number of hydrogen-bond donors (Lipinski definition) is 1. The van der Waals surface area contributed by atoms with E-state index in [4.69, 9.17) is 18.0 Å². The Hall–Kier alpha value is -0.0300. The van der Waals surface area contributed by atoms with Crippen molar-refractivity contribution in [1.29, 1.82) is 0 Å². The number of rotatable bonds is 5. The number of nitrogens with two attached hydrogens (primary N) is 1. The van der Waals surface area contributed by atoms with Crippen molar-refractivity contribution in [2.45, 2.75) is 17.1 Å². The zero-order valence-electron chi connectivity index (χ0n) is 8.68. The van der Waals surface area contributed by atoms with Crippen LogP contribution in [-0.4, -0.2) is 21.7 Å². The van der Waals surface area contributed by atoms with Crippen LogP contribution < -0.4 is 5.73 Å². The average Bonchev–Trinajstić information content (AvgIpc) is 2.27. The van der Waals surface area contributed by atoms with Gasteiger partial charge in [-0.05, 0) is 19.1 Å². The molecular formula is C11H15NS3. The van der Waals surface area contributed by atoms with Crippen LogP contribution in [0.2, 0.25) is 0 Å². The van der Waals surface area contributed by atoms with Crippen molar-refractivity contribution in [2.75, 3.05) is 12.3 Å². The lowest BCUT2D eigenvalue weighted by Crippen LogP contribution is -2.11. The summed E-state index contributed by atoms with van der Waals surface area (Å²) < 4.78 is 1.03. The Morgan fingerprint density at radius 1 is 1.40 bits per heavy atom. The van der Waals surface area contributed by atoms with E-state index in [1.807, 2.05) is 30.0 Å². The largest absolute Gasteiger partial charge is 0.330 e. The van der Waals surface area contributed by atoms with Gasteiger partial charge in [0, 0.05) is 22.4 Å². The number of thiocarbonyl (C=S) groups is 1. The van der Waals surface area contributed by atoms with Gasteiger partial charge in [-0.2, -0.15) is 11.8 Å². The van der Waals surface area contributed by atoms with Gasteiger partial charge in [0.2, 0.25) is 0 Å². The Labute approximate surface area is 105 Å². The maximum absolute atomic E-state index is 5.46. The topological polar surface area (TPSA) is 26.0 Å². The normalized spacial score (nSPS) is 12.4. The van der Waals surface area contributed by atoms with E-state index in [1.165, 1.54) is 4.90 Å². The molecule has 1 nitrogen and oxygen atoms in total. The highest BCUT2D eigenvalue weighted by Gasteiger charge is 2.09. The standard InChI is InChI=1S/C11H15NS3/c1-9(14-8-7-12)11(13)15-10-5-3-2-4-6-10/h2-6,9H,7-8,12H2,1H3. The first kappa shape index (κ1) is 13.0. The summed E-state index contributed by atoms with van der Waals surface area (Å²) in [5.41, 5.74) is 5.46. The van der Waals surface area contributed by atoms with Gasteiger partial charge in [-0.1, -0.05) is 42.2 Å². The predicted octanol–water partition coefficient (Wildman–Crippen LogP) is 3.19. The van der Waals surface area contributed by atoms with Crippen LogP contribution in [-0.2, 0) is 0 Å². The molecule has 0 aromatic heterocycles. The molecule has 1 rings (SSSR count). The van der Waals surface area contributed by atoms with E-state index in [2.05, 4.69) is 19.1 Å². The summed E-state index contributed by atoms with van der Waals surface area (Å²) in [6, 6.07) is 10.2. The molecule has 82 valence electrons. The minimum atomic E-state index is 0.383. The smallest absolute Gasteiger partial charge is 0.0654 e. The fourth-order valence-electron chi connectivity index (χ4n) is 1.00. The van der Waals surface area contributed by atoms with Crippen molar-refractivity contribution in [3.63, 3.8) is 0 Å². The first-order chi connectivity index (χ1) is 7.24. The molecule has 0 heterocycles. The highest BCUT2D eigenvalue weighted by Crippen LogP contribution is 2.25. The summed E-state index contributed by atoms with van der Waals surface area (Å²) in [7, 11) is 0. The van der Waals surface area contributed by atoms with Crippen LogP contribution in [0.1, 0.15) is 6.92 Å². The fourth-order valence-corrected chi connectivity index (χ4v) is 3.16. The van der Waals surface area contributed by atoms with Gasteiger partial charge >= 0.3 is 0 Å². The summed E-state index contributed by atoms with van der Waals surface area (Å²) in [6.45, 7) is 2.85. The third-order valence-electron chi connectivity index (χ3n) is 1.78. The molecule has 0 fully saturated rings. The molecule has 0 amide bonds. The molecule has 15 heavy (non-hydrogen) atoms. The first-order valence-electron chi connectivity index (χ1n) is 4.82. The second-order valence-corrected chi connectivity index (χ2v) is 6.30. The lowest BCUT2D eigenvalue weighted by Gasteiger charge is -2.11. The number of benzene rings is 1. The van der Waals surface area contributed by atoms with Crippen LogP contribution in [0.4, 0.5) is 0 Å². The molecule has 1 aromatic carbocycles. The van der Waals surface area contributed by atoms with E-state index in [1.54, 1.807) is 11.8 Å². The van der Waals surface area contributed by atoms with Gasteiger partial charge in [-0.15, -0.1) is 0 Å². The van der Waals surface area contributed by atoms with E-state index < -0.39 is 0 Å². The molecule has 1 unspecified atom stereocenters. The van der Waals surface area contributed by atoms with E-state index >= 15 is 0 Å². The van der Waals surface area contributed by atoms with Crippen LogP contribution in [0.5, 0.6) is 0 Å². The quantitative estimate of drug-likeness (QED) is 0.647. The Balaban J connectivity index is 2.42. The van der Waals surface area contributed by atoms with Crippen molar-refractivity contribution in [2.24, 2.45) is 5.73 Å². The molecule has 0 saturated carbocycles. The summed E-state index contributed by atoms with van der Waals surface area (Å²) in [6.07, 6.45) is 0. The van der Waals surface area contributed by atoms with E-state index in [9.17, 15) is 0 Å². The number of hydrogen-bond acceptors (Lipinski definition) is 4. The van der Waals surface area contributed by atoms with Gasteiger partial charge in [0.1, 0.15) is 0 Å². The van der Waals surface area contributed by atoms with Crippen molar-refractivity contribution in [3.05, 3.63) is 30.3 Å². The average molecular weight is 257 g/mol. The second kappa shape index (κ2) is 7.28. The Kier molecular flexibility index (Phi) is 6.32. The van der Waals surface area contributed by atoms with Crippen LogP contribution in [0.3, 0.4) is 0 Å². The third kappa shape index (κ3) is 5.02. The predicted molar refractivity (Wildman–Crippen MR) is 75.9 cm³/mol. The van der Waals surface area contributed by atoms with Gasteiger partial charge in [0.05, 0.1) is 4.20 Å². The zero-order valence-corrected chi connectivity index (χ0v) is 11.1.